The molecule has 0 aliphatic carbocycles. The molecule has 0 radical (unpaired) electrons. The number of rotatable bonds is 107. The van der Waals surface area contributed by atoms with Gasteiger partial charge in [-0.25, -0.2) is 0 Å². The molecule has 17 nitrogen and oxygen atoms in total. The average molecular weight is 2070 g/mol. The molecule has 0 aliphatic heterocycles. The third-order valence-electron chi connectivity index (χ3n) is 26.0. The minimum atomic E-state index is -0.954. The molecule has 0 heterocycles. The quantitative estimate of drug-likeness (QED) is 0.0200. The summed E-state index contributed by atoms with van der Waals surface area (Å²) >= 11 is 0. The van der Waals surface area contributed by atoms with Crippen molar-refractivity contribution in [3.05, 3.63) is 85.1 Å². The Morgan fingerprint density at radius 2 is 0.212 bits per heavy atom. The predicted molar refractivity (Wildman–Crippen MR) is 630 cm³/mol. The van der Waals surface area contributed by atoms with Crippen molar-refractivity contribution in [2.45, 2.75) is 684 Å². The van der Waals surface area contributed by atoms with E-state index in [4.69, 9.17) is 51.1 Å². The van der Waals surface area contributed by atoms with Crippen LogP contribution in [0, 0.1) is 0 Å². The van der Waals surface area contributed by atoms with Gasteiger partial charge in [-0.1, -0.05) is 493 Å². The summed E-state index contributed by atoms with van der Waals surface area (Å²) in [6.07, 6.45) is 148. The van der Waals surface area contributed by atoms with Crippen LogP contribution in [0.1, 0.15) is 678 Å². The lowest BCUT2D eigenvalue weighted by Gasteiger charge is -1.99. The predicted octanol–water partition coefficient (Wildman–Crippen LogP) is 41.1. The molecule has 0 spiro atoms. The maximum atomic E-state index is 10.3. The van der Waals surface area contributed by atoms with Crippen LogP contribution < -0.4 is 0 Å². The highest BCUT2D eigenvalue weighted by Crippen LogP contribution is 2.20. The molecule has 0 aromatic rings. The number of aliphatic hydroxyl groups is 3. The van der Waals surface area contributed by atoms with E-state index in [1.54, 1.807) is 0 Å². The summed E-state index contributed by atoms with van der Waals surface area (Å²) in [7, 11) is 0. The fourth-order valence-corrected chi connectivity index (χ4v) is 16.5. The van der Waals surface area contributed by atoms with Gasteiger partial charge in [0.25, 0.3) is 0 Å². The van der Waals surface area contributed by atoms with Gasteiger partial charge in [-0.05, 0) is 225 Å². The van der Waals surface area contributed by atoms with Gasteiger partial charge in [-0.3, -0.25) is 33.6 Å². The minimum Gasteiger partial charge on any atom is -0.481 e. The summed E-state index contributed by atoms with van der Waals surface area (Å²) in [4.78, 5) is 72.3. The zero-order chi connectivity index (χ0) is 109. The Labute approximate surface area is 903 Å². The van der Waals surface area contributed by atoms with Crippen LogP contribution in [-0.4, -0.2) is 112 Å². The molecule has 0 rings (SSSR count). The van der Waals surface area contributed by atoms with Crippen molar-refractivity contribution in [1.82, 2.24) is 0 Å². The van der Waals surface area contributed by atoms with E-state index in [0.717, 1.165) is 89.9 Å². The van der Waals surface area contributed by atoms with Crippen LogP contribution in [-0.2, 0) is 33.6 Å². The topological polar surface area (TPSA) is 322 Å². The molecule has 0 amide bonds. The molecule has 0 unspecified atom stereocenters. The van der Waals surface area contributed by atoms with Crippen molar-refractivity contribution in [3.63, 3.8) is 0 Å². The largest absolute Gasteiger partial charge is 0.481 e. The third kappa shape index (κ3) is 190. The number of aliphatic hydroxyl groups excluding tert-OH is 3. The van der Waals surface area contributed by atoms with Crippen molar-refractivity contribution in [1.29, 1.82) is 0 Å². The number of carbonyl (C=O) groups is 7. The third-order valence-corrected chi connectivity index (χ3v) is 26.0. The molecule has 0 bridgehead atoms. The lowest BCUT2D eigenvalue weighted by atomic mass is 10.1. The van der Waals surface area contributed by atoms with Crippen molar-refractivity contribution < 1.29 is 84.6 Å². The van der Waals surface area contributed by atoms with Crippen molar-refractivity contribution >= 4 is 41.8 Å². The number of aliphatic carboxylic acids is 7. The molecule has 0 aromatic heterocycles. The van der Waals surface area contributed by atoms with Gasteiger partial charge in [0.15, 0.2) is 0 Å². The molecule has 0 aromatic carbocycles. The van der Waals surface area contributed by atoms with Crippen LogP contribution in [0.15, 0.2) is 85.1 Å². The van der Waals surface area contributed by atoms with E-state index in [2.05, 4.69) is 134 Å². The Bertz CT molecular complexity index is 2220. The minimum absolute atomic E-state index is 0.332. The van der Waals surface area contributed by atoms with E-state index in [-0.39, 0.29) is 13.2 Å². The first-order chi connectivity index (χ1) is 71.2. The van der Waals surface area contributed by atoms with Crippen molar-refractivity contribution in [2.75, 3.05) is 13.2 Å². The van der Waals surface area contributed by atoms with E-state index in [0.29, 0.717) is 44.9 Å². The summed E-state index contributed by atoms with van der Waals surface area (Å²) in [5.74, 6) is -4.65. The fourth-order valence-electron chi connectivity index (χ4n) is 16.5. The van der Waals surface area contributed by atoms with Gasteiger partial charge in [-0.15, -0.1) is 0 Å². The molecule has 0 aliphatic rings. The highest BCUT2D eigenvalue weighted by Gasteiger charge is 2.05. The Balaban J connectivity index is -0.000000251. The molecule has 146 heavy (non-hydrogen) atoms. The average Bonchev–Trinajstić information content (AvgIpc) is 1.11. The highest BCUT2D eigenvalue weighted by atomic mass is 16.4. The molecule has 17 heteroatoms. The van der Waals surface area contributed by atoms with Crippen molar-refractivity contribution in [3.8, 4) is 0 Å². The lowest BCUT2D eigenvalue weighted by molar-refractivity contribution is -0.138. The Morgan fingerprint density at radius 3 is 0.281 bits per heavy atom. The number of carboxylic acids is 7. The van der Waals surface area contributed by atoms with E-state index in [1.165, 1.54) is 494 Å². The van der Waals surface area contributed by atoms with Gasteiger partial charge in [0.2, 0.25) is 0 Å². The Kier molecular flexibility index (Phi) is 162. The van der Waals surface area contributed by atoms with E-state index < -0.39 is 47.9 Å². The molecule has 0 saturated carbocycles. The lowest BCUT2D eigenvalue weighted by Crippen LogP contribution is -2.15. The second kappa shape index (κ2) is 152. The molecule has 0 atom stereocenters. The molecule has 0 saturated heterocycles. The normalized spacial score (nSPS) is 11.2. The van der Waals surface area contributed by atoms with Crippen LogP contribution >= 0.6 is 0 Å². The number of allylic oxidation sites excluding steroid dienone is 14. The SMILES string of the molecule is CCCCCCCCC=CCCCCCCCC(=O)O.CCCCCCCCC=CCCCCCCCC(=O)O.CCCCCCCCC=CCCCCCCCC(=O)O.CCCCCCCCC=CCCCCCCCC(=O)O.CCCCCCCCC=CCCCCCCCC(=O)O.CCCCCCCCC=CCCCCCCCC(=O)O.CCCCCCCCC=CCCCCCCCC(=O)O.OCC(O)CO. The Morgan fingerprint density at radius 1 is 0.137 bits per heavy atom. The summed E-state index contributed by atoms with van der Waals surface area (Å²) in [5.41, 5.74) is 0. The van der Waals surface area contributed by atoms with Gasteiger partial charge >= 0.3 is 41.8 Å². The van der Waals surface area contributed by atoms with Crippen LogP contribution in [0.3, 0.4) is 0 Å². The van der Waals surface area contributed by atoms with Crippen LogP contribution in [0.2, 0.25) is 0 Å². The van der Waals surface area contributed by atoms with E-state index in [9.17, 15) is 33.6 Å². The highest BCUT2D eigenvalue weighted by molar-refractivity contribution is 5.68. The number of hydrogen-bond donors (Lipinski definition) is 10. The molecule has 864 valence electrons. The molecule has 10 N–H and O–H groups in total. The van der Waals surface area contributed by atoms with Crippen molar-refractivity contribution in [2.24, 2.45) is 0 Å². The summed E-state index contributed by atoms with van der Waals surface area (Å²) in [5, 5.41) is 83.6. The fraction of sp³-hybridized carbons (Fsp3) is 0.837. The van der Waals surface area contributed by atoms with Gasteiger partial charge in [0.05, 0.1) is 13.2 Å². The molecule has 0 fully saturated rings. The van der Waals surface area contributed by atoms with Gasteiger partial charge < -0.3 is 51.1 Å². The second-order valence-corrected chi connectivity index (χ2v) is 41.1. The Hall–Kier alpha value is -5.65. The maximum Gasteiger partial charge on any atom is 0.303 e. The first kappa shape index (κ1) is 156. The maximum absolute atomic E-state index is 10.3. The number of carboxylic acid groups (broad SMARTS) is 7. The summed E-state index contributed by atoms with van der Waals surface area (Å²) in [6.45, 7) is 15.1. The van der Waals surface area contributed by atoms with E-state index >= 15 is 0 Å². The van der Waals surface area contributed by atoms with Gasteiger partial charge in [-0.2, -0.15) is 0 Å². The molecular weight excluding hydrogens is 1820 g/mol. The zero-order valence-corrected chi connectivity index (χ0v) is 97.2. The monoisotopic (exact) mass is 2070 g/mol. The van der Waals surface area contributed by atoms with Crippen LogP contribution in [0.25, 0.3) is 0 Å². The summed E-state index contributed by atoms with van der Waals surface area (Å²) in [6, 6.07) is 0. The van der Waals surface area contributed by atoms with Crippen LogP contribution in [0.4, 0.5) is 0 Å². The van der Waals surface area contributed by atoms with Gasteiger partial charge in [0, 0.05) is 44.9 Å². The number of unbranched alkanes of at least 4 members (excludes halogenated alkanes) is 77. The summed E-state index contributed by atoms with van der Waals surface area (Å²) < 4.78 is 0. The van der Waals surface area contributed by atoms with E-state index in [1.807, 2.05) is 0 Å². The first-order valence-corrected chi connectivity index (χ1v) is 62.2. The number of hydrogen-bond acceptors (Lipinski definition) is 10. The van der Waals surface area contributed by atoms with Gasteiger partial charge in [0.1, 0.15) is 6.10 Å². The zero-order valence-electron chi connectivity index (χ0n) is 97.2. The standard InChI is InChI=1S/7C18H34O2.C3H8O3/c7*1-2-3-4-5-6-7-8-9-10-11-12-13-14-15-16-17-18(19)20;4-1-3(6)2-5/h7*9-10H,2-8,11-17H2,1H3,(H,19,20);3-6H,1-2H2. The van der Waals surface area contributed by atoms with Crippen LogP contribution in [0.5, 0.6) is 0 Å². The second-order valence-electron chi connectivity index (χ2n) is 41.1. The smallest absolute Gasteiger partial charge is 0.303 e. The first-order valence-electron chi connectivity index (χ1n) is 62.2. The molecular formula is C129H246O17.